The van der Waals surface area contributed by atoms with Crippen molar-refractivity contribution in [2.45, 2.75) is 64.2 Å². The van der Waals surface area contributed by atoms with Crippen LogP contribution in [0.2, 0.25) is 0 Å². The van der Waals surface area contributed by atoms with Gasteiger partial charge in [-0.1, -0.05) is 24.4 Å². The summed E-state index contributed by atoms with van der Waals surface area (Å²) >= 11 is 0. The highest BCUT2D eigenvalue weighted by atomic mass is 16.5. The van der Waals surface area contributed by atoms with Crippen molar-refractivity contribution in [2.75, 3.05) is 26.2 Å². The molecule has 0 radical (unpaired) electrons. The van der Waals surface area contributed by atoms with E-state index < -0.39 is 0 Å². The monoisotopic (exact) mass is 374 g/mol. The molecule has 7 nitrogen and oxygen atoms in total. The van der Waals surface area contributed by atoms with Crippen molar-refractivity contribution in [1.82, 2.24) is 19.9 Å². The van der Waals surface area contributed by atoms with E-state index in [1.54, 1.807) is 6.92 Å². The van der Waals surface area contributed by atoms with Gasteiger partial charge >= 0.3 is 0 Å². The molecular formula is C20H30N4O3. The molecule has 2 aliphatic heterocycles. The summed E-state index contributed by atoms with van der Waals surface area (Å²) in [4.78, 5) is 32.4. The Labute approximate surface area is 160 Å². The van der Waals surface area contributed by atoms with E-state index in [0.29, 0.717) is 17.7 Å². The van der Waals surface area contributed by atoms with Crippen molar-refractivity contribution in [3.05, 3.63) is 11.7 Å². The van der Waals surface area contributed by atoms with Crippen LogP contribution in [-0.2, 0) is 16.0 Å². The molecule has 0 N–H and O–H groups in total. The van der Waals surface area contributed by atoms with Gasteiger partial charge in [0.1, 0.15) is 0 Å². The summed E-state index contributed by atoms with van der Waals surface area (Å²) in [6.45, 7) is 4.80. The van der Waals surface area contributed by atoms with Gasteiger partial charge in [0.2, 0.25) is 17.7 Å². The molecule has 1 aromatic rings. The SMILES string of the molecule is CC(=O)N1CCC(c2noc(CC3CN(C(=O)C4CCCCC4)C3)n2)CC1. The fraction of sp³-hybridized carbons (Fsp3) is 0.800. The summed E-state index contributed by atoms with van der Waals surface area (Å²) in [6, 6.07) is 0. The Hall–Kier alpha value is -1.92. The van der Waals surface area contributed by atoms with E-state index in [1.165, 1.54) is 19.3 Å². The first-order chi connectivity index (χ1) is 13.1. The van der Waals surface area contributed by atoms with Crippen molar-refractivity contribution in [3.8, 4) is 0 Å². The van der Waals surface area contributed by atoms with Crippen LogP contribution in [0.4, 0.5) is 0 Å². The van der Waals surface area contributed by atoms with E-state index in [4.69, 9.17) is 4.52 Å². The molecule has 1 saturated carbocycles. The summed E-state index contributed by atoms with van der Waals surface area (Å²) in [7, 11) is 0. The highest BCUT2D eigenvalue weighted by Crippen LogP contribution is 2.30. The standard InChI is InChI=1S/C20H30N4O3/c1-14(25)23-9-7-16(8-10-23)19-21-18(27-22-19)11-15-12-24(13-15)20(26)17-5-3-2-4-6-17/h15-17H,2-13H2,1H3. The van der Waals surface area contributed by atoms with Crippen molar-refractivity contribution in [3.63, 3.8) is 0 Å². The summed E-state index contributed by atoms with van der Waals surface area (Å²) in [6.07, 6.45) is 8.35. The Kier molecular flexibility index (Phi) is 5.45. The van der Waals surface area contributed by atoms with Crippen molar-refractivity contribution >= 4 is 11.8 Å². The number of carbonyl (C=O) groups excluding carboxylic acids is 2. The average Bonchev–Trinajstić information content (AvgIpc) is 3.13. The van der Waals surface area contributed by atoms with Crippen LogP contribution in [0.5, 0.6) is 0 Å². The number of rotatable bonds is 4. The molecule has 0 bridgehead atoms. The zero-order valence-electron chi connectivity index (χ0n) is 16.2. The molecule has 27 heavy (non-hydrogen) atoms. The number of aromatic nitrogens is 2. The van der Waals surface area contributed by atoms with Gasteiger partial charge in [-0.25, -0.2) is 0 Å². The van der Waals surface area contributed by atoms with Gasteiger partial charge in [0.25, 0.3) is 0 Å². The summed E-state index contributed by atoms with van der Waals surface area (Å²) in [5.74, 6) is 2.94. The molecule has 0 atom stereocenters. The Morgan fingerprint density at radius 2 is 1.74 bits per heavy atom. The molecule has 3 aliphatic rings. The number of hydrogen-bond donors (Lipinski definition) is 0. The summed E-state index contributed by atoms with van der Waals surface area (Å²) in [5.41, 5.74) is 0. The van der Waals surface area contributed by atoms with Crippen LogP contribution < -0.4 is 0 Å². The number of hydrogen-bond acceptors (Lipinski definition) is 5. The Morgan fingerprint density at radius 3 is 2.41 bits per heavy atom. The van der Waals surface area contributed by atoms with Crippen LogP contribution >= 0.6 is 0 Å². The lowest BCUT2D eigenvalue weighted by molar-refractivity contribution is -0.143. The highest BCUT2D eigenvalue weighted by molar-refractivity contribution is 5.79. The van der Waals surface area contributed by atoms with E-state index in [1.807, 2.05) is 9.80 Å². The van der Waals surface area contributed by atoms with Gasteiger partial charge in [0, 0.05) is 57.3 Å². The van der Waals surface area contributed by atoms with E-state index in [0.717, 1.165) is 64.1 Å². The van der Waals surface area contributed by atoms with Crippen LogP contribution in [-0.4, -0.2) is 57.9 Å². The topological polar surface area (TPSA) is 79.5 Å². The zero-order chi connectivity index (χ0) is 18.8. The first kappa shape index (κ1) is 18.4. The lowest BCUT2D eigenvalue weighted by Crippen LogP contribution is -2.52. The van der Waals surface area contributed by atoms with Crippen molar-refractivity contribution < 1.29 is 14.1 Å². The van der Waals surface area contributed by atoms with Gasteiger partial charge < -0.3 is 14.3 Å². The number of carbonyl (C=O) groups is 2. The lowest BCUT2D eigenvalue weighted by Gasteiger charge is -2.41. The van der Waals surface area contributed by atoms with Crippen molar-refractivity contribution in [2.24, 2.45) is 11.8 Å². The third-order valence-corrected chi connectivity index (χ3v) is 6.48. The molecular weight excluding hydrogens is 344 g/mol. The van der Waals surface area contributed by atoms with Gasteiger partial charge in [-0.2, -0.15) is 4.98 Å². The number of amides is 2. The van der Waals surface area contributed by atoms with Crippen LogP contribution in [0.25, 0.3) is 0 Å². The fourth-order valence-electron chi connectivity index (χ4n) is 4.70. The van der Waals surface area contributed by atoms with Crippen LogP contribution in [0, 0.1) is 11.8 Å². The molecule has 148 valence electrons. The number of nitrogens with zero attached hydrogens (tertiary/aromatic N) is 4. The molecule has 4 rings (SSSR count). The molecule has 0 aromatic carbocycles. The minimum absolute atomic E-state index is 0.138. The predicted molar refractivity (Wildman–Crippen MR) is 98.9 cm³/mol. The van der Waals surface area contributed by atoms with Gasteiger partial charge in [0.05, 0.1) is 0 Å². The number of piperidine rings is 1. The smallest absolute Gasteiger partial charge is 0.227 e. The van der Waals surface area contributed by atoms with Gasteiger partial charge in [-0.3, -0.25) is 9.59 Å². The molecule has 2 saturated heterocycles. The van der Waals surface area contributed by atoms with E-state index in [2.05, 4.69) is 10.1 Å². The largest absolute Gasteiger partial charge is 0.343 e. The van der Waals surface area contributed by atoms with Gasteiger partial charge in [-0.05, 0) is 25.7 Å². The number of likely N-dealkylation sites (tertiary alicyclic amines) is 2. The van der Waals surface area contributed by atoms with E-state index in [9.17, 15) is 9.59 Å². The van der Waals surface area contributed by atoms with Gasteiger partial charge in [0.15, 0.2) is 5.82 Å². The normalized spacial score (nSPS) is 22.7. The average molecular weight is 374 g/mol. The van der Waals surface area contributed by atoms with Gasteiger partial charge in [-0.15, -0.1) is 0 Å². The second-order valence-corrected chi connectivity index (χ2v) is 8.47. The molecule has 1 aliphatic carbocycles. The molecule has 3 fully saturated rings. The second kappa shape index (κ2) is 7.98. The first-order valence-corrected chi connectivity index (χ1v) is 10.5. The molecule has 7 heteroatoms. The lowest BCUT2D eigenvalue weighted by atomic mass is 9.86. The maximum absolute atomic E-state index is 12.5. The van der Waals surface area contributed by atoms with Crippen molar-refractivity contribution in [1.29, 1.82) is 0 Å². The van der Waals surface area contributed by atoms with Crippen LogP contribution in [0.15, 0.2) is 4.52 Å². The van der Waals surface area contributed by atoms with Crippen LogP contribution in [0.3, 0.4) is 0 Å². The summed E-state index contributed by atoms with van der Waals surface area (Å²) < 4.78 is 5.47. The Bertz CT molecular complexity index is 669. The predicted octanol–water partition coefficient (Wildman–Crippen LogP) is 2.38. The maximum atomic E-state index is 12.5. The minimum atomic E-state index is 0.138. The maximum Gasteiger partial charge on any atom is 0.227 e. The second-order valence-electron chi connectivity index (χ2n) is 8.47. The van der Waals surface area contributed by atoms with E-state index >= 15 is 0 Å². The molecule has 1 aromatic heterocycles. The molecule has 2 amide bonds. The quantitative estimate of drug-likeness (QED) is 0.808. The zero-order valence-corrected chi connectivity index (χ0v) is 16.2. The molecule has 3 heterocycles. The summed E-state index contributed by atoms with van der Waals surface area (Å²) in [5, 5.41) is 4.18. The third-order valence-electron chi connectivity index (χ3n) is 6.48. The molecule has 0 spiro atoms. The highest BCUT2D eigenvalue weighted by Gasteiger charge is 2.36. The minimum Gasteiger partial charge on any atom is -0.343 e. The van der Waals surface area contributed by atoms with E-state index in [-0.39, 0.29) is 17.7 Å². The Balaban J connectivity index is 1.23. The third kappa shape index (κ3) is 4.17. The van der Waals surface area contributed by atoms with Crippen LogP contribution in [0.1, 0.15) is 69.5 Å². The Morgan fingerprint density at radius 1 is 1.04 bits per heavy atom. The molecule has 0 unspecified atom stereocenters. The fourth-order valence-corrected chi connectivity index (χ4v) is 4.70. The first-order valence-electron chi connectivity index (χ1n) is 10.5.